The Bertz CT molecular complexity index is 3360. The van der Waals surface area contributed by atoms with Crippen LogP contribution in [0, 0.1) is 72.4 Å². The van der Waals surface area contributed by atoms with Gasteiger partial charge in [-0.05, 0) is 213 Å². The van der Waals surface area contributed by atoms with Gasteiger partial charge in [-0.25, -0.2) is 19.2 Å². The van der Waals surface area contributed by atoms with Crippen LogP contribution in [-0.2, 0) is 57.4 Å². The van der Waals surface area contributed by atoms with Gasteiger partial charge in [-0.3, -0.25) is 38.4 Å². The van der Waals surface area contributed by atoms with E-state index in [-0.39, 0.29) is 73.6 Å². The summed E-state index contributed by atoms with van der Waals surface area (Å²) < 4.78 is 16.2. The quantitative estimate of drug-likeness (QED) is 0.0359. The van der Waals surface area contributed by atoms with Crippen LogP contribution in [0.3, 0.4) is 0 Å². The number of fused-ring (bicyclic) bond motifs is 3. The van der Waals surface area contributed by atoms with Crippen LogP contribution in [0.2, 0.25) is 0 Å². The molecule has 25 heteroatoms. The van der Waals surface area contributed by atoms with E-state index in [0.717, 1.165) is 109 Å². The summed E-state index contributed by atoms with van der Waals surface area (Å²) in [7, 11) is 0. The number of aliphatic hydroxyl groups is 1. The van der Waals surface area contributed by atoms with Crippen molar-refractivity contribution in [3.63, 3.8) is 0 Å². The molecule has 0 radical (unpaired) electrons. The standard InChI is InChI=1S/C29H47N3O6.C29H45N3O6.C21H34N2O5/c2*1-26(2,3)22(31-25(37)38-27(4,5)6)24(36)32-16-29(15-28(29)11-8-12-28)14-19(32)20(33)18(21(34)23(30)35)13-17-9-7-10-17;1-18(2,3)14(22-17(27)28-19(4,5)6)15(24)23-12-21(10-13(23)16(25)26)11-20(21)8-7-9-20/h17-19,21-22,34H,7-16H2,1-6H3,(H2,30,35)(H,31,37);17-19,22H,7-16H2,1-6H3,(H2,30,35)(H,31,37);13-14H,7-12H2,1-6H3,(H,22,27)(H,25,26)/t18?,19-,21?,22+,29-;18?,19-,22+,29-;13-,14+,21-/m000/s1. The van der Waals surface area contributed by atoms with Crippen LogP contribution < -0.4 is 27.4 Å². The summed E-state index contributed by atoms with van der Waals surface area (Å²) in [6.45, 7) is 33.9. The maximum atomic E-state index is 14.2. The maximum Gasteiger partial charge on any atom is 0.408 e. The van der Waals surface area contributed by atoms with Crippen molar-refractivity contribution < 1.29 is 82.0 Å². The molecule has 584 valence electrons. The van der Waals surface area contributed by atoms with E-state index in [9.17, 15) is 67.7 Å². The van der Waals surface area contributed by atoms with Crippen molar-refractivity contribution in [2.24, 2.45) is 83.9 Å². The summed E-state index contributed by atoms with van der Waals surface area (Å²) in [6.07, 6.45) is 17.6. The maximum absolute atomic E-state index is 14.2. The number of alkyl carbamates (subject to hydrolysis) is 3. The second-order valence-corrected chi connectivity index (χ2v) is 40.1. The van der Waals surface area contributed by atoms with Gasteiger partial charge in [0.05, 0.1) is 23.9 Å². The minimum Gasteiger partial charge on any atom is -0.480 e. The third-order valence-corrected chi connectivity index (χ3v) is 25.9. The molecule has 3 aliphatic heterocycles. The number of Topliss-reactive ketones (excluding diaryl/α,β-unsaturated/α-hetero) is 3. The number of ether oxygens (including phenoxy) is 3. The van der Waals surface area contributed by atoms with Gasteiger partial charge in [-0.1, -0.05) is 120 Å². The van der Waals surface area contributed by atoms with Crippen LogP contribution in [0.15, 0.2) is 0 Å². The lowest BCUT2D eigenvalue weighted by Gasteiger charge is -2.37. The molecule has 25 nitrogen and oxygen atoms in total. The summed E-state index contributed by atoms with van der Waals surface area (Å²) in [6, 6.07) is -5.10. The molecule has 8 amide bonds. The van der Waals surface area contributed by atoms with Gasteiger partial charge in [-0.2, -0.15) is 0 Å². The molecule has 3 unspecified atom stereocenters. The molecular formula is C79H126N8O17. The van der Waals surface area contributed by atoms with Crippen molar-refractivity contribution >= 4 is 71.1 Å². The lowest BCUT2D eigenvalue weighted by molar-refractivity contribution is -0.150. The molecule has 3 saturated heterocycles. The van der Waals surface area contributed by atoms with Crippen LogP contribution in [0.1, 0.15) is 272 Å². The van der Waals surface area contributed by atoms with Crippen molar-refractivity contribution in [2.45, 2.75) is 331 Å². The van der Waals surface area contributed by atoms with E-state index in [1.165, 1.54) is 11.3 Å². The second kappa shape index (κ2) is 28.6. The molecule has 8 saturated carbocycles. The Kier molecular flexibility index (Phi) is 22.5. The van der Waals surface area contributed by atoms with Crippen molar-refractivity contribution in [1.82, 2.24) is 30.7 Å². The number of nitrogens with one attached hydrogen (secondary N) is 3. The topological polar surface area (TPSA) is 371 Å². The Labute approximate surface area is 616 Å². The number of amides is 8. The van der Waals surface area contributed by atoms with E-state index >= 15 is 0 Å². The molecule has 3 heterocycles. The van der Waals surface area contributed by atoms with E-state index in [2.05, 4.69) is 16.0 Å². The second-order valence-electron chi connectivity index (χ2n) is 40.1. The van der Waals surface area contributed by atoms with Crippen molar-refractivity contribution in [3.05, 3.63) is 0 Å². The zero-order chi connectivity index (χ0) is 77.6. The largest absolute Gasteiger partial charge is 0.480 e. The van der Waals surface area contributed by atoms with Crippen LogP contribution in [0.25, 0.3) is 0 Å². The number of ketones is 3. The Balaban J connectivity index is 0.000000183. The zero-order valence-corrected chi connectivity index (χ0v) is 65.8. The normalized spacial score (nSPS) is 28.5. The van der Waals surface area contributed by atoms with E-state index < -0.39 is 129 Å². The smallest absolute Gasteiger partial charge is 0.408 e. The van der Waals surface area contributed by atoms with Gasteiger partial charge in [0.15, 0.2) is 11.6 Å². The first-order valence-corrected chi connectivity index (χ1v) is 38.7. The van der Waals surface area contributed by atoms with Crippen LogP contribution in [0.5, 0.6) is 0 Å². The summed E-state index contributed by atoms with van der Waals surface area (Å²) >= 11 is 0. The molecule has 8 aliphatic carbocycles. The Hall–Kier alpha value is -6.40. The zero-order valence-electron chi connectivity index (χ0n) is 65.8. The number of carbonyl (C=O) groups excluding carboxylic acids is 11. The molecule has 0 aromatic rings. The number of carbonyl (C=O) groups is 12. The number of aliphatic carboxylic acids is 1. The number of likely N-dealkylation sites (tertiary alicyclic amines) is 3. The highest BCUT2D eigenvalue weighted by molar-refractivity contribution is 6.40. The van der Waals surface area contributed by atoms with Gasteiger partial charge in [0.2, 0.25) is 29.4 Å². The lowest BCUT2D eigenvalue weighted by Crippen LogP contribution is -2.58. The molecule has 11 rings (SSSR count). The Morgan fingerprint density at radius 2 is 0.731 bits per heavy atom. The Morgan fingerprint density at radius 1 is 0.433 bits per heavy atom. The number of carboxylic acid groups (broad SMARTS) is 1. The third kappa shape index (κ3) is 17.1. The Morgan fingerprint density at radius 3 is 0.971 bits per heavy atom. The first kappa shape index (κ1) is 81.7. The highest BCUT2D eigenvalue weighted by Gasteiger charge is 2.76. The fraction of sp³-hybridized carbons (Fsp3) is 0.848. The van der Waals surface area contributed by atoms with E-state index in [4.69, 9.17) is 25.7 Å². The van der Waals surface area contributed by atoms with Gasteiger partial charge in [-0.15, -0.1) is 0 Å². The molecule has 9 N–H and O–H groups in total. The third-order valence-electron chi connectivity index (χ3n) is 25.9. The molecule has 6 spiro atoms. The summed E-state index contributed by atoms with van der Waals surface area (Å²) in [5.41, 5.74) is 7.10. The first-order valence-electron chi connectivity index (χ1n) is 38.7. The number of rotatable bonds is 19. The number of nitrogens with zero attached hydrogens (tertiary/aromatic N) is 3. The summed E-state index contributed by atoms with van der Waals surface area (Å²) in [5, 5.41) is 28.7. The van der Waals surface area contributed by atoms with Gasteiger partial charge in [0.1, 0.15) is 47.1 Å². The molecule has 11 aliphatic rings. The van der Waals surface area contributed by atoms with Crippen LogP contribution in [-0.4, -0.2) is 175 Å². The summed E-state index contributed by atoms with van der Waals surface area (Å²) in [5.74, 6) is -7.07. The molecule has 104 heavy (non-hydrogen) atoms. The van der Waals surface area contributed by atoms with Gasteiger partial charge < -0.3 is 66.5 Å². The van der Waals surface area contributed by atoms with Crippen LogP contribution in [0.4, 0.5) is 14.4 Å². The van der Waals surface area contributed by atoms with E-state index in [1.807, 2.05) is 62.3 Å². The summed E-state index contributed by atoms with van der Waals surface area (Å²) in [4.78, 5) is 161. The fourth-order valence-electron chi connectivity index (χ4n) is 19.1. The lowest BCUT2D eigenvalue weighted by atomic mass is 9.72. The van der Waals surface area contributed by atoms with Crippen molar-refractivity contribution in [1.29, 1.82) is 0 Å². The number of aliphatic hydroxyl groups excluding tert-OH is 1. The first-order chi connectivity index (χ1) is 47.7. The molecule has 0 bridgehead atoms. The molecular weight excluding hydrogens is 1330 g/mol. The minimum atomic E-state index is -1.58. The molecule has 11 fully saturated rings. The average Bonchev–Trinajstić information content (AvgIpc) is 1.52. The van der Waals surface area contributed by atoms with E-state index in [1.54, 1.807) is 72.1 Å². The minimum absolute atomic E-state index is 0.0433. The fourth-order valence-corrected chi connectivity index (χ4v) is 19.1. The van der Waals surface area contributed by atoms with Crippen molar-refractivity contribution in [3.8, 4) is 0 Å². The predicted molar refractivity (Wildman–Crippen MR) is 386 cm³/mol. The van der Waals surface area contributed by atoms with Crippen LogP contribution >= 0.6 is 0 Å². The highest BCUT2D eigenvalue weighted by Crippen LogP contribution is 2.80. The number of primary amides is 2. The van der Waals surface area contributed by atoms with Gasteiger partial charge in [0.25, 0.3) is 5.91 Å². The molecule has 12 atom stereocenters. The molecule has 0 aromatic heterocycles. The molecule has 0 aromatic carbocycles. The predicted octanol–water partition coefficient (Wildman–Crippen LogP) is 10.00. The van der Waals surface area contributed by atoms with Crippen molar-refractivity contribution in [2.75, 3.05) is 19.6 Å². The highest BCUT2D eigenvalue weighted by atomic mass is 16.6. The van der Waals surface area contributed by atoms with E-state index in [0.29, 0.717) is 51.7 Å². The number of hydrogen-bond acceptors (Lipinski definition) is 16. The monoisotopic (exact) mass is 1460 g/mol. The van der Waals surface area contributed by atoms with Gasteiger partial charge in [0, 0.05) is 19.6 Å². The number of carboxylic acids is 1. The average molecular weight is 1460 g/mol. The number of nitrogens with two attached hydrogens (primary N) is 2. The number of hydrogen-bond donors (Lipinski definition) is 7. The SMILES string of the molecule is CC(C)(C)OC(=O)N[C@H](C(=O)N1C[C@]2(C[C@H]1C(=O)C(CC1CCC1)C(=O)C(N)=O)CC21CCC1)C(C)(C)C.CC(C)(C)OC(=O)N[C@H](C(=O)N1C[C@]2(C[C@H]1C(=O)C(CC1CCC1)C(O)C(N)=O)CC21CCC1)C(C)(C)C.CC(C)(C)OC(=O)N[C@H](C(=O)N1C[C@]2(C[C@H]1C(=O)O)CC21CCC1)C(C)(C)C. The van der Waals surface area contributed by atoms with Gasteiger partial charge >= 0.3 is 24.2 Å².